The van der Waals surface area contributed by atoms with Crippen LogP contribution in [0.3, 0.4) is 0 Å². The molecule has 1 heterocycles. The van der Waals surface area contributed by atoms with Crippen LogP contribution in [0, 0.1) is 13.8 Å². The maximum absolute atomic E-state index is 12.9. The van der Waals surface area contributed by atoms with E-state index in [-0.39, 0.29) is 11.5 Å². The van der Waals surface area contributed by atoms with E-state index in [1.165, 1.54) is 11.6 Å². The zero-order valence-electron chi connectivity index (χ0n) is 19.6. The van der Waals surface area contributed by atoms with Crippen LogP contribution >= 0.6 is 0 Å². The zero-order valence-corrected chi connectivity index (χ0v) is 19.6. The number of aryl methyl sites for hydroxylation is 2. The standard InChI is InChI=1S/C28H26N2O4/c1-18-8-11-21(14-19(18)2)24-17-29-28(32)30(24)23-7-5-6-22(16-23)25(31)12-9-20-10-13-26(33-3)27(15-20)34-4/h5-17H,1-4H3,(H,29,32). The van der Waals surface area contributed by atoms with Crippen LogP contribution in [0.2, 0.25) is 0 Å². The summed E-state index contributed by atoms with van der Waals surface area (Å²) in [6.07, 6.45) is 4.92. The second-order valence-corrected chi connectivity index (χ2v) is 7.98. The molecule has 0 amide bonds. The van der Waals surface area contributed by atoms with E-state index < -0.39 is 0 Å². The average Bonchev–Trinajstić information content (AvgIpc) is 3.25. The van der Waals surface area contributed by atoms with Crippen molar-refractivity contribution in [3.63, 3.8) is 0 Å². The SMILES string of the molecule is COc1ccc(C=CC(=O)c2cccc(-n3c(-c4ccc(C)c(C)c4)c[nH]c3=O)c2)cc1OC. The quantitative estimate of drug-likeness (QED) is 0.301. The fourth-order valence-electron chi connectivity index (χ4n) is 3.76. The van der Waals surface area contributed by atoms with Crippen molar-refractivity contribution in [2.24, 2.45) is 0 Å². The lowest BCUT2D eigenvalue weighted by atomic mass is 10.0. The Kier molecular flexibility index (Phi) is 6.50. The monoisotopic (exact) mass is 454 g/mol. The van der Waals surface area contributed by atoms with Crippen molar-refractivity contribution in [3.05, 3.63) is 106 Å². The van der Waals surface area contributed by atoms with E-state index in [0.717, 1.165) is 22.4 Å². The number of rotatable bonds is 7. The summed E-state index contributed by atoms with van der Waals surface area (Å²) in [5, 5.41) is 0. The van der Waals surface area contributed by atoms with Crippen LogP contribution in [0.1, 0.15) is 27.0 Å². The predicted molar refractivity (Wildman–Crippen MR) is 134 cm³/mol. The Balaban J connectivity index is 1.65. The molecule has 6 nitrogen and oxygen atoms in total. The van der Waals surface area contributed by atoms with E-state index in [1.807, 2.05) is 38.1 Å². The molecule has 0 aliphatic heterocycles. The molecule has 0 radical (unpaired) electrons. The van der Waals surface area contributed by atoms with Gasteiger partial charge in [0.1, 0.15) is 0 Å². The summed E-state index contributed by atoms with van der Waals surface area (Å²) in [5.74, 6) is 1.04. The number of ketones is 1. The molecule has 172 valence electrons. The summed E-state index contributed by atoms with van der Waals surface area (Å²) in [4.78, 5) is 28.3. The number of ether oxygens (including phenoxy) is 2. The van der Waals surface area contributed by atoms with Crippen molar-refractivity contribution in [1.29, 1.82) is 0 Å². The molecule has 1 N–H and O–H groups in total. The number of aromatic amines is 1. The summed E-state index contributed by atoms with van der Waals surface area (Å²) in [6, 6.07) is 18.6. The van der Waals surface area contributed by atoms with Crippen LogP contribution in [-0.4, -0.2) is 29.6 Å². The summed E-state index contributed by atoms with van der Waals surface area (Å²) >= 11 is 0. The van der Waals surface area contributed by atoms with Gasteiger partial charge in [-0.15, -0.1) is 0 Å². The molecule has 4 aromatic rings. The summed E-state index contributed by atoms with van der Waals surface area (Å²) in [5.41, 5.74) is 5.62. The molecule has 0 unspecified atom stereocenters. The van der Waals surface area contributed by atoms with Crippen LogP contribution in [0.5, 0.6) is 11.5 Å². The number of hydrogen-bond acceptors (Lipinski definition) is 4. The maximum atomic E-state index is 12.9. The molecular weight excluding hydrogens is 428 g/mol. The number of H-pyrrole nitrogens is 1. The van der Waals surface area contributed by atoms with E-state index >= 15 is 0 Å². The molecule has 0 aliphatic carbocycles. The van der Waals surface area contributed by atoms with Gasteiger partial charge in [0.2, 0.25) is 0 Å². The Labute approximate surface area is 198 Å². The Bertz CT molecular complexity index is 1440. The van der Waals surface area contributed by atoms with Crippen molar-refractivity contribution >= 4 is 11.9 Å². The lowest BCUT2D eigenvalue weighted by Gasteiger charge is -2.10. The van der Waals surface area contributed by atoms with Gasteiger partial charge in [0, 0.05) is 17.3 Å². The highest BCUT2D eigenvalue weighted by Gasteiger charge is 2.13. The second-order valence-electron chi connectivity index (χ2n) is 7.98. The van der Waals surface area contributed by atoms with Crippen molar-refractivity contribution in [2.45, 2.75) is 13.8 Å². The van der Waals surface area contributed by atoms with Gasteiger partial charge in [-0.1, -0.05) is 36.4 Å². The van der Waals surface area contributed by atoms with Crippen LogP contribution in [-0.2, 0) is 0 Å². The van der Waals surface area contributed by atoms with Gasteiger partial charge >= 0.3 is 5.69 Å². The average molecular weight is 455 g/mol. The first-order valence-electron chi connectivity index (χ1n) is 10.8. The summed E-state index contributed by atoms with van der Waals surface area (Å²) in [6.45, 7) is 4.09. The van der Waals surface area contributed by atoms with E-state index in [0.29, 0.717) is 22.7 Å². The number of hydrogen-bond donors (Lipinski definition) is 1. The Morgan fingerprint density at radius 2 is 1.71 bits per heavy atom. The molecule has 4 rings (SSSR count). The minimum absolute atomic E-state index is 0.173. The van der Waals surface area contributed by atoms with Gasteiger partial charge in [-0.3, -0.25) is 9.36 Å². The first-order valence-corrected chi connectivity index (χ1v) is 10.8. The molecule has 6 heteroatoms. The smallest absolute Gasteiger partial charge is 0.330 e. The number of allylic oxidation sites excluding steroid dienone is 1. The molecule has 0 bridgehead atoms. The molecule has 34 heavy (non-hydrogen) atoms. The van der Waals surface area contributed by atoms with Crippen molar-refractivity contribution < 1.29 is 14.3 Å². The van der Waals surface area contributed by atoms with E-state index in [4.69, 9.17) is 9.47 Å². The number of imidazole rings is 1. The lowest BCUT2D eigenvalue weighted by Crippen LogP contribution is -2.16. The lowest BCUT2D eigenvalue weighted by molar-refractivity contribution is 0.104. The van der Waals surface area contributed by atoms with Crippen LogP contribution in [0.4, 0.5) is 0 Å². The number of carbonyl (C=O) groups is 1. The number of nitrogens with zero attached hydrogens (tertiary/aromatic N) is 1. The zero-order chi connectivity index (χ0) is 24.2. The van der Waals surface area contributed by atoms with Gasteiger partial charge in [0.05, 0.1) is 25.6 Å². The number of aromatic nitrogens is 2. The third-order valence-electron chi connectivity index (χ3n) is 5.80. The predicted octanol–water partition coefficient (Wildman–Crippen LogP) is 5.36. The highest BCUT2D eigenvalue weighted by Crippen LogP contribution is 2.28. The fourth-order valence-corrected chi connectivity index (χ4v) is 3.76. The van der Waals surface area contributed by atoms with Crippen molar-refractivity contribution in [3.8, 4) is 28.4 Å². The minimum Gasteiger partial charge on any atom is -0.493 e. The normalized spacial score (nSPS) is 11.1. The highest BCUT2D eigenvalue weighted by molar-refractivity contribution is 6.07. The first kappa shape index (κ1) is 22.9. The maximum Gasteiger partial charge on any atom is 0.330 e. The van der Waals surface area contributed by atoms with Crippen molar-refractivity contribution in [2.75, 3.05) is 14.2 Å². The van der Waals surface area contributed by atoms with Gasteiger partial charge in [-0.2, -0.15) is 0 Å². The van der Waals surface area contributed by atoms with Gasteiger partial charge < -0.3 is 14.5 Å². The fraction of sp³-hybridized carbons (Fsp3) is 0.143. The molecule has 0 fully saturated rings. The molecule has 0 saturated carbocycles. The largest absolute Gasteiger partial charge is 0.493 e. The number of benzene rings is 3. The summed E-state index contributed by atoms with van der Waals surface area (Å²) < 4.78 is 12.2. The molecular formula is C28H26N2O4. The molecule has 0 saturated heterocycles. The number of nitrogens with one attached hydrogen (secondary N) is 1. The Morgan fingerprint density at radius 3 is 2.44 bits per heavy atom. The van der Waals surface area contributed by atoms with Crippen molar-refractivity contribution in [1.82, 2.24) is 9.55 Å². The Hall–Kier alpha value is -4.32. The van der Waals surface area contributed by atoms with Crippen LogP contribution in [0.25, 0.3) is 23.0 Å². The van der Waals surface area contributed by atoms with Crippen LogP contribution in [0.15, 0.2) is 77.7 Å². The van der Waals surface area contributed by atoms with Gasteiger partial charge in [-0.05, 0) is 66.9 Å². The van der Waals surface area contributed by atoms with E-state index in [2.05, 4.69) is 11.1 Å². The highest BCUT2D eigenvalue weighted by atomic mass is 16.5. The number of methoxy groups -OCH3 is 2. The second kappa shape index (κ2) is 9.67. The van der Waals surface area contributed by atoms with E-state index in [9.17, 15) is 9.59 Å². The van der Waals surface area contributed by atoms with Gasteiger partial charge in [0.25, 0.3) is 0 Å². The molecule has 0 atom stereocenters. The van der Waals surface area contributed by atoms with Crippen LogP contribution < -0.4 is 15.2 Å². The molecule has 0 aliphatic rings. The molecule has 3 aromatic carbocycles. The number of carbonyl (C=O) groups excluding carboxylic acids is 1. The van der Waals surface area contributed by atoms with E-state index in [1.54, 1.807) is 61.4 Å². The third-order valence-corrected chi connectivity index (χ3v) is 5.80. The van der Waals surface area contributed by atoms with Gasteiger partial charge in [-0.25, -0.2) is 4.79 Å². The van der Waals surface area contributed by atoms with Gasteiger partial charge in [0.15, 0.2) is 17.3 Å². The molecule has 1 aromatic heterocycles. The first-order chi connectivity index (χ1) is 16.4. The Morgan fingerprint density at radius 1 is 0.912 bits per heavy atom. The third kappa shape index (κ3) is 4.57. The minimum atomic E-state index is -0.265. The topological polar surface area (TPSA) is 73.3 Å². The summed E-state index contributed by atoms with van der Waals surface area (Å²) in [7, 11) is 3.14. The molecule has 0 spiro atoms.